The maximum Gasteiger partial charge on any atom is 0.0719 e. The van der Waals surface area contributed by atoms with Crippen LogP contribution in [0.25, 0.3) is 0 Å². The van der Waals surface area contributed by atoms with E-state index in [1.54, 1.807) is 0 Å². The number of rotatable bonds is 3. The van der Waals surface area contributed by atoms with Gasteiger partial charge in [0.25, 0.3) is 0 Å². The van der Waals surface area contributed by atoms with Crippen LogP contribution in [0.3, 0.4) is 0 Å². The second-order valence-corrected chi connectivity index (χ2v) is 5.19. The van der Waals surface area contributed by atoms with Crippen molar-refractivity contribution < 1.29 is 0 Å². The predicted molar refractivity (Wildman–Crippen MR) is 62.5 cm³/mol. The average molecular weight is 294 g/mol. The molecule has 0 nitrogen and oxygen atoms in total. The van der Waals surface area contributed by atoms with Crippen LogP contribution >= 0.6 is 31.9 Å². The van der Waals surface area contributed by atoms with E-state index in [2.05, 4.69) is 57.5 Å². The van der Waals surface area contributed by atoms with Gasteiger partial charge in [0.05, 0.1) is 3.39 Å². The number of hydrogen-bond acceptors (Lipinski definition) is 0. The van der Waals surface area contributed by atoms with Crippen molar-refractivity contribution in [2.24, 2.45) is 0 Å². The van der Waals surface area contributed by atoms with Gasteiger partial charge in [-0.15, -0.1) is 0 Å². The lowest BCUT2D eigenvalue weighted by Gasteiger charge is -1.95. The first-order valence-electron chi connectivity index (χ1n) is 4.25. The molecule has 0 amide bonds. The Balaban J connectivity index is 4.18. The van der Waals surface area contributed by atoms with Crippen molar-refractivity contribution in [1.82, 2.24) is 0 Å². The molecule has 0 fully saturated rings. The standard InChI is InChI=1S/C10H14Br2/c1-3-5-6-8-9(7-4-2)10(11)12/h3-5,7H2,1-2H3. The second-order valence-electron chi connectivity index (χ2n) is 2.54. The summed E-state index contributed by atoms with van der Waals surface area (Å²) >= 11 is 6.78. The molecule has 0 atom stereocenters. The van der Waals surface area contributed by atoms with E-state index < -0.39 is 0 Å². The zero-order valence-electron chi connectivity index (χ0n) is 7.58. The lowest BCUT2D eigenvalue weighted by Crippen LogP contribution is -1.78. The zero-order chi connectivity index (χ0) is 9.40. The number of allylic oxidation sites excluding steroid dienone is 1. The summed E-state index contributed by atoms with van der Waals surface area (Å²) in [5.41, 5.74) is 1.17. The van der Waals surface area contributed by atoms with Gasteiger partial charge in [0.1, 0.15) is 0 Å². The van der Waals surface area contributed by atoms with E-state index in [0.29, 0.717) is 0 Å². The Morgan fingerprint density at radius 2 is 1.83 bits per heavy atom. The van der Waals surface area contributed by atoms with Crippen LogP contribution in [0.4, 0.5) is 0 Å². The van der Waals surface area contributed by atoms with Crippen molar-refractivity contribution in [3.63, 3.8) is 0 Å². The third kappa shape index (κ3) is 5.85. The van der Waals surface area contributed by atoms with E-state index in [-0.39, 0.29) is 0 Å². The quantitative estimate of drug-likeness (QED) is 0.668. The molecule has 0 saturated carbocycles. The van der Waals surface area contributed by atoms with Gasteiger partial charge in [-0.1, -0.05) is 32.1 Å². The smallest absolute Gasteiger partial charge is 0.0719 e. The van der Waals surface area contributed by atoms with Gasteiger partial charge in [0.15, 0.2) is 0 Å². The molecule has 0 aromatic carbocycles. The number of unbranched alkanes of at least 4 members (excludes halogenated alkanes) is 1. The van der Waals surface area contributed by atoms with E-state index in [1.165, 1.54) is 5.57 Å². The molecule has 0 saturated heterocycles. The third-order valence-electron chi connectivity index (χ3n) is 1.34. The first-order valence-corrected chi connectivity index (χ1v) is 5.84. The summed E-state index contributed by atoms with van der Waals surface area (Å²) < 4.78 is 1.00. The summed E-state index contributed by atoms with van der Waals surface area (Å²) in [5.74, 6) is 6.29. The summed E-state index contributed by atoms with van der Waals surface area (Å²) in [6.07, 6.45) is 4.30. The Kier molecular flexibility index (Phi) is 8.06. The van der Waals surface area contributed by atoms with Crippen LogP contribution in [0.5, 0.6) is 0 Å². The van der Waals surface area contributed by atoms with Crippen LogP contribution in [0.2, 0.25) is 0 Å². The maximum atomic E-state index is 3.39. The molecule has 0 unspecified atom stereocenters. The highest BCUT2D eigenvalue weighted by molar-refractivity contribution is 9.28. The van der Waals surface area contributed by atoms with Crippen molar-refractivity contribution >= 4 is 31.9 Å². The van der Waals surface area contributed by atoms with E-state index in [9.17, 15) is 0 Å². The number of halogens is 2. The minimum Gasteiger partial charge on any atom is -0.0982 e. The molecule has 0 aromatic heterocycles. The van der Waals surface area contributed by atoms with Gasteiger partial charge in [-0.25, -0.2) is 0 Å². The second kappa shape index (κ2) is 7.89. The summed E-state index contributed by atoms with van der Waals surface area (Å²) in [6, 6.07) is 0. The minimum absolute atomic E-state index is 0.987. The van der Waals surface area contributed by atoms with E-state index in [0.717, 1.165) is 29.1 Å². The van der Waals surface area contributed by atoms with Crippen molar-refractivity contribution in [1.29, 1.82) is 0 Å². The lowest BCUT2D eigenvalue weighted by atomic mass is 10.2. The maximum absolute atomic E-state index is 3.39. The van der Waals surface area contributed by atoms with Gasteiger partial charge in [-0.2, -0.15) is 0 Å². The van der Waals surface area contributed by atoms with Gasteiger partial charge in [-0.05, 0) is 44.7 Å². The molecule has 0 aliphatic rings. The molecule has 0 heterocycles. The summed E-state index contributed by atoms with van der Waals surface area (Å²) in [4.78, 5) is 0. The van der Waals surface area contributed by atoms with Crippen LogP contribution in [0.15, 0.2) is 8.96 Å². The molecular weight excluding hydrogens is 280 g/mol. The summed E-state index contributed by atoms with van der Waals surface area (Å²) in [6.45, 7) is 4.30. The topological polar surface area (TPSA) is 0 Å². The van der Waals surface area contributed by atoms with Gasteiger partial charge < -0.3 is 0 Å². The summed E-state index contributed by atoms with van der Waals surface area (Å²) in [7, 11) is 0. The molecule has 0 aliphatic carbocycles. The van der Waals surface area contributed by atoms with Crippen LogP contribution in [0.1, 0.15) is 39.5 Å². The highest BCUT2D eigenvalue weighted by atomic mass is 79.9. The van der Waals surface area contributed by atoms with Crippen molar-refractivity contribution in [3.05, 3.63) is 8.96 Å². The highest BCUT2D eigenvalue weighted by Gasteiger charge is 1.95. The van der Waals surface area contributed by atoms with E-state index in [1.807, 2.05) is 0 Å². The van der Waals surface area contributed by atoms with Gasteiger partial charge in [-0.3, -0.25) is 0 Å². The molecule has 0 spiro atoms. The van der Waals surface area contributed by atoms with E-state index in [4.69, 9.17) is 0 Å². The Morgan fingerprint density at radius 3 is 2.25 bits per heavy atom. The van der Waals surface area contributed by atoms with Crippen LogP contribution < -0.4 is 0 Å². The fourth-order valence-corrected chi connectivity index (χ4v) is 1.34. The molecule has 0 N–H and O–H groups in total. The largest absolute Gasteiger partial charge is 0.0982 e. The SMILES string of the molecule is CCCC#CC(CCC)=C(Br)Br. The average Bonchev–Trinajstić information content (AvgIpc) is 2.03. The van der Waals surface area contributed by atoms with E-state index >= 15 is 0 Å². The monoisotopic (exact) mass is 292 g/mol. The fourth-order valence-electron chi connectivity index (χ4n) is 0.748. The Bertz CT molecular complexity index is 202. The van der Waals surface area contributed by atoms with Gasteiger partial charge in [0, 0.05) is 12.0 Å². The molecule has 0 aromatic rings. The normalized spacial score (nSPS) is 8.67. The molecular formula is C10H14Br2. The van der Waals surface area contributed by atoms with Crippen LogP contribution in [0, 0.1) is 11.8 Å². The fraction of sp³-hybridized carbons (Fsp3) is 0.600. The summed E-state index contributed by atoms with van der Waals surface area (Å²) in [5, 5.41) is 0. The molecule has 12 heavy (non-hydrogen) atoms. The molecule has 0 aliphatic heterocycles. The molecule has 2 heteroatoms. The van der Waals surface area contributed by atoms with Crippen molar-refractivity contribution in [3.8, 4) is 11.8 Å². The predicted octanol–water partition coefficient (Wildman–Crippen LogP) is 4.59. The number of hydrogen-bond donors (Lipinski definition) is 0. The first-order chi connectivity index (χ1) is 5.72. The van der Waals surface area contributed by atoms with Crippen molar-refractivity contribution in [2.45, 2.75) is 39.5 Å². The first kappa shape index (κ1) is 12.3. The van der Waals surface area contributed by atoms with Crippen LogP contribution in [-0.2, 0) is 0 Å². The Labute approximate surface area is 92.1 Å². The molecule has 0 rings (SSSR count). The van der Waals surface area contributed by atoms with Gasteiger partial charge >= 0.3 is 0 Å². The lowest BCUT2D eigenvalue weighted by molar-refractivity contribution is 0.932. The van der Waals surface area contributed by atoms with Crippen molar-refractivity contribution in [2.75, 3.05) is 0 Å². The van der Waals surface area contributed by atoms with Gasteiger partial charge in [0.2, 0.25) is 0 Å². The molecule has 0 radical (unpaired) electrons. The minimum atomic E-state index is 0.987. The zero-order valence-corrected chi connectivity index (χ0v) is 10.8. The third-order valence-corrected chi connectivity index (χ3v) is 2.30. The molecule has 68 valence electrons. The molecule has 0 bridgehead atoms. The highest BCUT2D eigenvalue weighted by Crippen LogP contribution is 2.21. The van der Waals surface area contributed by atoms with Crippen LogP contribution in [-0.4, -0.2) is 0 Å². The Hall–Kier alpha value is 0.260. The Morgan fingerprint density at radius 1 is 1.17 bits per heavy atom.